The van der Waals surface area contributed by atoms with Crippen molar-refractivity contribution < 1.29 is 13.3 Å². The molecule has 11 heteroatoms. The molecule has 0 aliphatic carbocycles. The lowest BCUT2D eigenvalue weighted by Gasteiger charge is -2.09. The molecule has 4 N–H and O–H groups in total. The predicted octanol–water partition coefficient (Wildman–Crippen LogP) is 0.415. The van der Waals surface area contributed by atoms with Gasteiger partial charge in [0.1, 0.15) is 5.82 Å². The molecule has 0 saturated carbocycles. The number of nitrogens with one attached hydrogen (secondary N) is 2. The molecule has 0 unspecified atom stereocenters. The van der Waals surface area contributed by atoms with Gasteiger partial charge in [-0.05, 0) is 12.1 Å². The van der Waals surface area contributed by atoms with Gasteiger partial charge in [0.05, 0.1) is 16.8 Å². The summed E-state index contributed by atoms with van der Waals surface area (Å²) >= 11 is 0. The number of hydrogen-bond donors (Lipinski definition) is 3. The van der Waals surface area contributed by atoms with Gasteiger partial charge in [0.2, 0.25) is 0 Å². The average Bonchev–Trinajstić information content (AvgIpc) is 2.82. The number of nitro groups is 1. The van der Waals surface area contributed by atoms with Crippen LogP contribution in [0, 0.1) is 10.1 Å². The minimum atomic E-state index is -4.16. The average molecular weight is 312 g/mol. The molecule has 0 radical (unpaired) electrons. The molecule has 112 valence electrons. The van der Waals surface area contributed by atoms with Crippen molar-refractivity contribution in [2.75, 3.05) is 10.1 Å². The van der Waals surface area contributed by atoms with Crippen molar-refractivity contribution in [2.24, 2.45) is 12.9 Å². The first-order valence-electron chi connectivity index (χ1n) is 5.61. The van der Waals surface area contributed by atoms with Crippen molar-refractivity contribution in [1.82, 2.24) is 9.78 Å². The molecule has 0 aliphatic heterocycles. The van der Waals surface area contributed by atoms with E-state index in [2.05, 4.69) is 15.2 Å². The van der Waals surface area contributed by atoms with Gasteiger partial charge < -0.3 is 5.43 Å². The number of nitro benzene ring substituents is 1. The second-order valence-electron chi connectivity index (χ2n) is 4.03. The molecule has 0 amide bonds. The van der Waals surface area contributed by atoms with Crippen LogP contribution in [0.25, 0.3) is 0 Å². The highest BCUT2D eigenvalue weighted by atomic mass is 32.2. The van der Waals surface area contributed by atoms with Crippen molar-refractivity contribution in [3.05, 3.63) is 40.6 Å². The van der Waals surface area contributed by atoms with E-state index in [9.17, 15) is 18.5 Å². The maximum Gasteiger partial charge on any atom is 0.290 e. The molecule has 2 rings (SSSR count). The number of nitrogens with zero attached hydrogens (tertiary/aromatic N) is 3. The van der Waals surface area contributed by atoms with E-state index in [1.165, 1.54) is 30.1 Å². The molecule has 21 heavy (non-hydrogen) atoms. The van der Waals surface area contributed by atoms with Crippen molar-refractivity contribution in [3.8, 4) is 0 Å². The van der Waals surface area contributed by atoms with Gasteiger partial charge in [0.15, 0.2) is 4.90 Å². The van der Waals surface area contributed by atoms with Crippen LogP contribution in [0.5, 0.6) is 0 Å². The van der Waals surface area contributed by atoms with Gasteiger partial charge in [-0.15, -0.1) is 0 Å². The molecule has 0 atom stereocenters. The van der Waals surface area contributed by atoms with E-state index < -0.39 is 25.5 Å². The predicted molar refractivity (Wildman–Crippen MR) is 74.9 cm³/mol. The number of nitrogens with two attached hydrogens (primary N) is 1. The Morgan fingerprint density at radius 3 is 2.62 bits per heavy atom. The van der Waals surface area contributed by atoms with Crippen LogP contribution in [0.2, 0.25) is 0 Å². The zero-order chi connectivity index (χ0) is 15.6. The summed E-state index contributed by atoms with van der Waals surface area (Å²) in [6, 6.07) is 4.87. The molecule has 0 spiro atoms. The van der Waals surface area contributed by atoms with E-state index in [1.54, 1.807) is 0 Å². The maximum absolute atomic E-state index is 12.3. The normalized spacial score (nSPS) is 11.1. The second-order valence-corrected chi connectivity index (χ2v) is 5.68. The van der Waals surface area contributed by atoms with Crippen LogP contribution in [0.3, 0.4) is 0 Å². The monoisotopic (exact) mass is 312 g/mol. The molecule has 0 fully saturated rings. The van der Waals surface area contributed by atoms with Gasteiger partial charge in [-0.3, -0.25) is 25.4 Å². The number of nitrogen functional groups attached to an aromatic ring is 1. The number of hydrazine groups is 1. The number of sulfonamides is 1. The Bertz CT molecular complexity index is 785. The van der Waals surface area contributed by atoms with Crippen LogP contribution in [0.1, 0.15) is 0 Å². The first-order valence-corrected chi connectivity index (χ1v) is 7.09. The van der Waals surface area contributed by atoms with Crippen LogP contribution in [-0.4, -0.2) is 23.1 Å². The first-order chi connectivity index (χ1) is 9.85. The summed E-state index contributed by atoms with van der Waals surface area (Å²) in [5.74, 6) is 5.38. The Balaban J connectivity index is 2.52. The molecule has 0 aliphatic rings. The second kappa shape index (κ2) is 5.38. The minimum absolute atomic E-state index is 0.176. The highest BCUT2D eigenvalue weighted by Crippen LogP contribution is 2.28. The lowest BCUT2D eigenvalue weighted by molar-refractivity contribution is -0.387. The summed E-state index contributed by atoms with van der Waals surface area (Å²) in [7, 11) is -2.63. The fourth-order valence-corrected chi connectivity index (χ4v) is 2.92. The lowest BCUT2D eigenvalue weighted by atomic mass is 10.3. The van der Waals surface area contributed by atoms with E-state index in [1.807, 2.05) is 0 Å². The van der Waals surface area contributed by atoms with Crippen molar-refractivity contribution in [2.45, 2.75) is 4.90 Å². The Morgan fingerprint density at radius 1 is 1.38 bits per heavy atom. The molecule has 1 aromatic heterocycles. The Morgan fingerprint density at radius 2 is 2.10 bits per heavy atom. The van der Waals surface area contributed by atoms with E-state index in [0.717, 1.165) is 12.1 Å². The number of aromatic nitrogens is 2. The Labute approximate surface area is 119 Å². The number of anilines is 2. The van der Waals surface area contributed by atoms with Crippen LogP contribution >= 0.6 is 0 Å². The van der Waals surface area contributed by atoms with Crippen molar-refractivity contribution in [1.29, 1.82) is 0 Å². The van der Waals surface area contributed by atoms with Crippen molar-refractivity contribution in [3.63, 3.8) is 0 Å². The number of rotatable bonds is 5. The van der Waals surface area contributed by atoms with Crippen LogP contribution in [0.15, 0.2) is 35.4 Å². The van der Waals surface area contributed by atoms with E-state index in [4.69, 9.17) is 5.84 Å². The molecule has 0 saturated heterocycles. The largest absolute Gasteiger partial charge is 0.324 e. The molecular weight excluding hydrogens is 300 g/mol. The topological polar surface area (TPSA) is 145 Å². The zero-order valence-electron chi connectivity index (χ0n) is 10.8. The van der Waals surface area contributed by atoms with E-state index in [-0.39, 0.29) is 11.5 Å². The number of aryl methyl sites for hydroxylation is 1. The van der Waals surface area contributed by atoms with Gasteiger partial charge in [-0.1, -0.05) is 0 Å². The van der Waals surface area contributed by atoms with Gasteiger partial charge >= 0.3 is 0 Å². The van der Waals surface area contributed by atoms with Gasteiger partial charge in [0, 0.05) is 19.2 Å². The quantitative estimate of drug-likeness (QED) is 0.412. The highest BCUT2D eigenvalue weighted by Gasteiger charge is 2.27. The first kappa shape index (κ1) is 14.7. The number of hydrogen-bond acceptors (Lipinski definition) is 7. The molecule has 1 aromatic carbocycles. The zero-order valence-corrected chi connectivity index (χ0v) is 11.7. The summed E-state index contributed by atoms with van der Waals surface area (Å²) in [6.07, 6.45) is 1.39. The third-order valence-corrected chi connectivity index (χ3v) is 4.06. The van der Waals surface area contributed by atoms with Gasteiger partial charge in [-0.25, -0.2) is 8.42 Å². The van der Waals surface area contributed by atoms with E-state index >= 15 is 0 Å². The molecule has 1 heterocycles. The Kier molecular flexibility index (Phi) is 3.78. The van der Waals surface area contributed by atoms with Gasteiger partial charge in [-0.2, -0.15) is 5.10 Å². The maximum atomic E-state index is 12.3. The SMILES string of the molecule is Cn1nccc1NS(=O)(=O)c1cc(NN)ccc1[N+](=O)[O-]. The van der Waals surface area contributed by atoms with Gasteiger partial charge in [0.25, 0.3) is 15.7 Å². The summed E-state index contributed by atoms with van der Waals surface area (Å²) in [6.45, 7) is 0. The van der Waals surface area contributed by atoms with Crippen LogP contribution in [0.4, 0.5) is 17.2 Å². The van der Waals surface area contributed by atoms with Crippen LogP contribution < -0.4 is 16.0 Å². The smallest absolute Gasteiger partial charge is 0.290 e. The molecule has 0 bridgehead atoms. The fourth-order valence-electron chi connectivity index (χ4n) is 1.64. The highest BCUT2D eigenvalue weighted by molar-refractivity contribution is 7.92. The third-order valence-electron chi connectivity index (χ3n) is 2.67. The van der Waals surface area contributed by atoms with Crippen LogP contribution in [-0.2, 0) is 17.1 Å². The standard InChI is InChI=1S/C10H12N6O4S/c1-15-10(4-5-12-15)14-21(19,20)9-6-7(13-11)2-3-8(9)16(17)18/h2-6,13-14H,11H2,1H3. The summed E-state index contributed by atoms with van der Waals surface area (Å²) in [4.78, 5) is 9.71. The Hall–Kier alpha value is -2.66. The summed E-state index contributed by atoms with van der Waals surface area (Å²) in [5.41, 5.74) is 1.92. The fraction of sp³-hybridized carbons (Fsp3) is 0.100. The molecule has 10 nitrogen and oxygen atoms in total. The lowest BCUT2D eigenvalue weighted by Crippen LogP contribution is -2.17. The third kappa shape index (κ3) is 2.93. The minimum Gasteiger partial charge on any atom is -0.324 e. The summed E-state index contributed by atoms with van der Waals surface area (Å²) in [5, 5.41) is 14.8. The van der Waals surface area contributed by atoms with Crippen molar-refractivity contribution >= 4 is 27.2 Å². The molecular formula is C10H12N6O4S. The molecule has 2 aromatic rings. The summed E-state index contributed by atoms with van der Waals surface area (Å²) < 4.78 is 28.2. The van der Waals surface area contributed by atoms with E-state index in [0.29, 0.717) is 0 Å². The number of benzene rings is 1.